The molecule has 1 aliphatic heterocycles. The van der Waals surface area contributed by atoms with E-state index in [-0.39, 0.29) is 22.9 Å². The van der Waals surface area contributed by atoms with E-state index in [0.717, 1.165) is 0 Å². The highest BCUT2D eigenvalue weighted by molar-refractivity contribution is 6.46. The molecule has 0 amide bonds. The third-order valence-electron chi connectivity index (χ3n) is 3.64. The van der Waals surface area contributed by atoms with Gasteiger partial charge in [0.2, 0.25) is 18.4 Å². The quantitative estimate of drug-likeness (QED) is 0.651. The van der Waals surface area contributed by atoms with E-state index in [4.69, 9.17) is 21.1 Å². The van der Waals surface area contributed by atoms with Crippen LogP contribution in [0, 0.1) is 6.92 Å². The van der Waals surface area contributed by atoms with Crippen LogP contribution in [0.5, 0.6) is 17.2 Å². The zero-order valence-corrected chi connectivity index (χ0v) is 13.3. The van der Waals surface area contributed by atoms with Crippen molar-refractivity contribution in [1.29, 1.82) is 0 Å². The van der Waals surface area contributed by atoms with Gasteiger partial charge in [0.05, 0.1) is 10.6 Å². The Kier molecular flexibility index (Phi) is 4.17. The maximum atomic E-state index is 12.3. The van der Waals surface area contributed by atoms with Gasteiger partial charge in [0.25, 0.3) is 0 Å². The highest BCUT2D eigenvalue weighted by Gasteiger charge is 2.29. The fraction of sp³-hybridized carbons (Fsp3) is 0.176. The first kappa shape index (κ1) is 16.3. The van der Waals surface area contributed by atoms with E-state index < -0.39 is 23.4 Å². The molecule has 1 atom stereocenters. The predicted molar refractivity (Wildman–Crippen MR) is 84.7 cm³/mol. The van der Waals surface area contributed by atoms with Gasteiger partial charge in [-0.25, -0.2) is 0 Å². The van der Waals surface area contributed by atoms with E-state index in [0.29, 0.717) is 17.1 Å². The number of benzene rings is 2. The maximum Gasteiger partial charge on any atom is 0.236 e. The summed E-state index contributed by atoms with van der Waals surface area (Å²) in [4.78, 5) is 24.6. The minimum absolute atomic E-state index is 0.0382. The van der Waals surface area contributed by atoms with Gasteiger partial charge in [-0.05, 0) is 42.3 Å². The van der Waals surface area contributed by atoms with Crippen molar-refractivity contribution in [2.24, 2.45) is 0 Å². The summed E-state index contributed by atoms with van der Waals surface area (Å²) in [5.41, 5.74) is 0.548. The number of ketones is 2. The first-order valence-corrected chi connectivity index (χ1v) is 7.41. The normalized spacial score (nSPS) is 13.6. The topological polar surface area (TPSA) is 93.1 Å². The lowest BCUT2D eigenvalue weighted by molar-refractivity contribution is -0.123. The number of phenolic OH excluding ortho intramolecular Hbond substituents is 1. The van der Waals surface area contributed by atoms with Crippen LogP contribution >= 0.6 is 11.6 Å². The summed E-state index contributed by atoms with van der Waals surface area (Å²) in [6, 6.07) is 7.24. The summed E-state index contributed by atoms with van der Waals surface area (Å²) < 4.78 is 10.3. The van der Waals surface area contributed by atoms with E-state index in [1.54, 1.807) is 13.0 Å². The number of fused-ring (bicyclic) bond motifs is 1. The molecular weight excluding hydrogens is 336 g/mol. The second-order valence-electron chi connectivity index (χ2n) is 5.35. The number of aliphatic hydroxyl groups excluding tert-OH is 1. The number of hydrogen-bond acceptors (Lipinski definition) is 6. The molecule has 0 radical (unpaired) electrons. The monoisotopic (exact) mass is 348 g/mol. The van der Waals surface area contributed by atoms with E-state index in [1.165, 1.54) is 24.3 Å². The van der Waals surface area contributed by atoms with Crippen LogP contribution in [0.15, 0.2) is 30.3 Å². The SMILES string of the molecule is Cc1cc(Cl)c(O)c(C(=O)C(=O)[C@H](O)c2ccc3c(c2)OCO3)c1. The standard InChI is InChI=1S/C17H13ClO6/c1-8-4-10(15(20)11(18)5-8)16(21)17(22)14(19)9-2-3-12-13(6-9)24-7-23-12/h2-6,14,19-20H,7H2,1H3/t14-/m1/s1. The van der Waals surface area contributed by atoms with Crippen LogP contribution in [0.2, 0.25) is 5.02 Å². The Bertz CT molecular complexity index is 845. The Balaban J connectivity index is 1.90. The van der Waals surface area contributed by atoms with Crippen molar-refractivity contribution in [1.82, 2.24) is 0 Å². The molecule has 2 aromatic carbocycles. The number of phenols is 1. The van der Waals surface area contributed by atoms with Crippen LogP contribution in [-0.2, 0) is 4.79 Å². The van der Waals surface area contributed by atoms with Crippen LogP contribution < -0.4 is 9.47 Å². The summed E-state index contributed by atoms with van der Waals surface area (Å²) in [5, 5.41) is 20.1. The first-order chi connectivity index (χ1) is 11.4. The smallest absolute Gasteiger partial charge is 0.236 e. The van der Waals surface area contributed by atoms with Gasteiger partial charge in [0, 0.05) is 0 Å². The van der Waals surface area contributed by atoms with Crippen molar-refractivity contribution >= 4 is 23.2 Å². The minimum Gasteiger partial charge on any atom is -0.506 e. The molecular formula is C17H13ClO6. The third-order valence-corrected chi connectivity index (χ3v) is 3.92. The molecule has 0 aliphatic carbocycles. The fourth-order valence-electron chi connectivity index (χ4n) is 2.40. The van der Waals surface area contributed by atoms with Gasteiger partial charge in [-0.1, -0.05) is 17.7 Å². The van der Waals surface area contributed by atoms with Crippen LogP contribution in [0.4, 0.5) is 0 Å². The molecule has 2 aromatic rings. The summed E-state index contributed by atoms with van der Waals surface area (Å²) in [7, 11) is 0. The lowest BCUT2D eigenvalue weighted by Gasteiger charge is -2.11. The molecule has 2 N–H and O–H groups in total. The molecule has 0 saturated carbocycles. The fourth-order valence-corrected chi connectivity index (χ4v) is 2.67. The van der Waals surface area contributed by atoms with Crippen molar-refractivity contribution in [3.8, 4) is 17.2 Å². The minimum atomic E-state index is -1.69. The van der Waals surface area contributed by atoms with Crippen molar-refractivity contribution in [2.45, 2.75) is 13.0 Å². The number of halogens is 1. The summed E-state index contributed by atoms with van der Waals surface area (Å²) in [5.74, 6) is -1.71. The third kappa shape index (κ3) is 2.81. The average Bonchev–Trinajstić information content (AvgIpc) is 3.03. The van der Waals surface area contributed by atoms with Crippen LogP contribution in [0.25, 0.3) is 0 Å². The number of aromatic hydroxyl groups is 1. The number of aliphatic hydroxyl groups is 1. The zero-order chi connectivity index (χ0) is 17.4. The Hall–Kier alpha value is -2.57. The van der Waals surface area contributed by atoms with Crippen molar-refractivity contribution < 1.29 is 29.3 Å². The van der Waals surface area contributed by atoms with Gasteiger partial charge in [-0.3, -0.25) is 9.59 Å². The van der Waals surface area contributed by atoms with Crippen LogP contribution in [-0.4, -0.2) is 28.6 Å². The summed E-state index contributed by atoms with van der Waals surface area (Å²) >= 11 is 5.82. The van der Waals surface area contributed by atoms with Gasteiger partial charge < -0.3 is 19.7 Å². The molecule has 7 heteroatoms. The number of Topliss-reactive ketones (excluding diaryl/α,β-unsaturated/α-hetero) is 2. The van der Waals surface area contributed by atoms with E-state index in [2.05, 4.69) is 0 Å². The summed E-state index contributed by atoms with van der Waals surface area (Å²) in [6.45, 7) is 1.72. The van der Waals surface area contributed by atoms with E-state index in [1.807, 2.05) is 0 Å². The van der Waals surface area contributed by atoms with Gasteiger partial charge in [0.15, 0.2) is 11.5 Å². The second-order valence-corrected chi connectivity index (χ2v) is 5.76. The highest BCUT2D eigenvalue weighted by atomic mass is 35.5. The second kappa shape index (κ2) is 6.14. The lowest BCUT2D eigenvalue weighted by Crippen LogP contribution is -2.22. The molecule has 24 heavy (non-hydrogen) atoms. The number of carbonyl (C=O) groups excluding carboxylic acids is 2. The van der Waals surface area contributed by atoms with Crippen molar-refractivity contribution in [2.75, 3.05) is 6.79 Å². The molecule has 124 valence electrons. The maximum absolute atomic E-state index is 12.3. The predicted octanol–water partition coefficient (Wildman–Crippen LogP) is 2.57. The summed E-state index contributed by atoms with van der Waals surface area (Å²) in [6.07, 6.45) is -1.69. The molecule has 0 fully saturated rings. The first-order valence-electron chi connectivity index (χ1n) is 7.03. The highest BCUT2D eigenvalue weighted by Crippen LogP contribution is 2.35. The molecule has 3 rings (SSSR count). The Morgan fingerprint density at radius 2 is 1.88 bits per heavy atom. The Morgan fingerprint density at radius 3 is 2.62 bits per heavy atom. The zero-order valence-electron chi connectivity index (χ0n) is 12.6. The van der Waals surface area contributed by atoms with Crippen LogP contribution in [0.3, 0.4) is 0 Å². The Morgan fingerprint density at radius 1 is 1.17 bits per heavy atom. The lowest BCUT2D eigenvalue weighted by atomic mass is 9.97. The number of hydrogen-bond donors (Lipinski definition) is 2. The molecule has 0 saturated heterocycles. The number of carbonyl (C=O) groups is 2. The van der Waals surface area contributed by atoms with E-state index in [9.17, 15) is 19.8 Å². The van der Waals surface area contributed by atoms with Gasteiger partial charge in [-0.15, -0.1) is 0 Å². The van der Waals surface area contributed by atoms with Crippen LogP contribution in [0.1, 0.15) is 27.6 Å². The molecule has 0 spiro atoms. The molecule has 0 unspecified atom stereocenters. The molecule has 1 heterocycles. The van der Waals surface area contributed by atoms with Crippen molar-refractivity contribution in [3.05, 3.63) is 52.0 Å². The number of rotatable bonds is 4. The number of aryl methyl sites for hydroxylation is 1. The Labute approximate surface area is 142 Å². The molecule has 1 aliphatic rings. The van der Waals surface area contributed by atoms with Gasteiger partial charge in [-0.2, -0.15) is 0 Å². The van der Waals surface area contributed by atoms with Gasteiger partial charge in [0.1, 0.15) is 11.9 Å². The van der Waals surface area contributed by atoms with Crippen molar-refractivity contribution in [3.63, 3.8) is 0 Å². The largest absolute Gasteiger partial charge is 0.506 e. The van der Waals surface area contributed by atoms with E-state index >= 15 is 0 Å². The molecule has 6 nitrogen and oxygen atoms in total. The van der Waals surface area contributed by atoms with Gasteiger partial charge >= 0.3 is 0 Å². The average molecular weight is 349 g/mol. The number of ether oxygens (including phenoxy) is 2. The molecule has 0 bridgehead atoms. The molecule has 0 aromatic heterocycles.